The standard InChI is InChI=1S/C12H14N6O2S/c1-17-5-10(20)18(6-9(17)19)4-8-14-11(16-13)7-2-3-21-12(7)15-8/h2-3H,4-6,13H2,1H3,(H,14,15,16). The summed E-state index contributed by atoms with van der Waals surface area (Å²) >= 11 is 1.47. The zero-order valence-electron chi connectivity index (χ0n) is 11.4. The topological polar surface area (TPSA) is 104 Å². The van der Waals surface area contributed by atoms with Crippen LogP contribution in [0.2, 0.25) is 0 Å². The number of hydrazine groups is 1. The van der Waals surface area contributed by atoms with Crippen molar-refractivity contribution in [1.82, 2.24) is 19.8 Å². The monoisotopic (exact) mass is 306 g/mol. The molecule has 9 heteroatoms. The lowest BCUT2D eigenvalue weighted by Crippen LogP contribution is -2.51. The molecule has 1 aliphatic rings. The number of thiophene rings is 1. The fraction of sp³-hybridized carbons (Fsp3) is 0.333. The van der Waals surface area contributed by atoms with Gasteiger partial charge in [-0.1, -0.05) is 0 Å². The zero-order chi connectivity index (χ0) is 15.0. The first-order valence-electron chi connectivity index (χ1n) is 6.31. The van der Waals surface area contributed by atoms with Gasteiger partial charge >= 0.3 is 0 Å². The lowest BCUT2D eigenvalue weighted by Gasteiger charge is -2.31. The summed E-state index contributed by atoms with van der Waals surface area (Å²) in [5.74, 6) is 6.24. The SMILES string of the molecule is CN1CC(=O)N(Cc2nc(NN)c3ccsc3n2)CC1=O. The van der Waals surface area contributed by atoms with Gasteiger partial charge in [0.2, 0.25) is 11.8 Å². The van der Waals surface area contributed by atoms with Crippen LogP contribution in [0.3, 0.4) is 0 Å². The second-order valence-corrected chi connectivity index (χ2v) is 5.67. The maximum Gasteiger partial charge on any atom is 0.243 e. The van der Waals surface area contributed by atoms with Crippen LogP contribution in [0.5, 0.6) is 0 Å². The highest BCUT2D eigenvalue weighted by molar-refractivity contribution is 7.16. The van der Waals surface area contributed by atoms with Crippen molar-refractivity contribution >= 4 is 39.2 Å². The third-order valence-electron chi connectivity index (χ3n) is 3.32. The molecule has 1 saturated heterocycles. The number of hydrogen-bond acceptors (Lipinski definition) is 7. The molecule has 110 valence electrons. The minimum Gasteiger partial charge on any atom is -0.335 e. The second kappa shape index (κ2) is 5.26. The quantitative estimate of drug-likeness (QED) is 0.600. The molecule has 0 bridgehead atoms. The van der Waals surface area contributed by atoms with E-state index in [9.17, 15) is 9.59 Å². The molecule has 0 aromatic carbocycles. The smallest absolute Gasteiger partial charge is 0.243 e. The number of rotatable bonds is 3. The van der Waals surface area contributed by atoms with Crippen LogP contribution in [-0.4, -0.2) is 51.7 Å². The Bertz CT molecular complexity index is 715. The number of amides is 2. The van der Waals surface area contributed by atoms with E-state index in [0.29, 0.717) is 11.6 Å². The molecule has 2 amide bonds. The first-order chi connectivity index (χ1) is 10.1. The van der Waals surface area contributed by atoms with Gasteiger partial charge < -0.3 is 15.2 Å². The van der Waals surface area contributed by atoms with Crippen LogP contribution >= 0.6 is 11.3 Å². The Morgan fingerprint density at radius 2 is 2.14 bits per heavy atom. The number of likely N-dealkylation sites (N-methyl/N-ethyl adjacent to an activating group) is 1. The van der Waals surface area contributed by atoms with Crippen molar-refractivity contribution in [1.29, 1.82) is 0 Å². The van der Waals surface area contributed by atoms with Gasteiger partial charge in [-0.2, -0.15) is 0 Å². The fourth-order valence-corrected chi connectivity index (χ4v) is 2.94. The summed E-state index contributed by atoms with van der Waals surface area (Å²) in [5.41, 5.74) is 2.54. The minimum absolute atomic E-state index is 0.0482. The van der Waals surface area contributed by atoms with Crippen LogP contribution in [0.1, 0.15) is 5.82 Å². The molecule has 0 spiro atoms. The summed E-state index contributed by atoms with van der Waals surface area (Å²) in [4.78, 5) is 36.0. The number of anilines is 1. The molecule has 21 heavy (non-hydrogen) atoms. The van der Waals surface area contributed by atoms with E-state index in [2.05, 4.69) is 15.4 Å². The number of nitrogens with one attached hydrogen (secondary N) is 1. The van der Waals surface area contributed by atoms with Crippen LogP contribution in [0, 0.1) is 0 Å². The zero-order valence-corrected chi connectivity index (χ0v) is 12.2. The molecule has 0 radical (unpaired) electrons. The van der Waals surface area contributed by atoms with Crippen molar-refractivity contribution in [3.63, 3.8) is 0 Å². The average molecular weight is 306 g/mol. The number of fused-ring (bicyclic) bond motifs is 1. The fourth-order valence-electron chi connectivity index (χ4n) is 2.16. The molecule has 3 rings (SSSR count). The number of nitrogens with two attached hydrogens (primary N) is 1. The Balaban J connectivity index is 1.87. The molecule has 0 unspecified atom stereocenters. The summed E-state index contributed by atoms with van der Waals surface area (Å²) in [7, 11) is 1.61. The molecule has 3 heterocycles. The Morgan fingerprint density at radius 3 is 2.90 bits per heavy atom. The van der Waals surface area contributed by atoms with Gasteiger partial charge in [0.15, 0.2) is 11.6 Å². The predicted octanol–water partition coefficient (Wildman–Crippen LogP) is -0.223. The highest BCUT2D eigenvalue weighted by Crippen LogP contribution is 2.24. The lowest BCUT2D eigenvalue weighted by atomic mass is 10.3. The van der Waals surface area contributed by atoms with Crippen molar-refractivity contribution in [3.8, 4) is 0 Å². The summed E-state index contributed by atoms with van der Waals surface area (Å²) in [6, 6.07) is 1.88. The third-order valence-corrected chi connectivity index (χ3v) is 4.12. The van der Waals surface area contributed by atoms with E-state index in [-0.39, 0.29) is 31.4 Å². The van der Waals surface area contributed by atoms with Crippen molar-refractivity contribution in [2.75, 3.05) is 25.6 Å². The number of carbonyl (C=O) groups excluding carboxylic acids is 2. The van der Waals surface area contributed by atoms with E-state index in [1.807, 2.05) is 11.4 Å². The largest absolute Gasteiger partial charge is 0.335 e. The molecule has 1 fully saturated rings. The Labute approximate surface area is 124 Å². The third kappa shape index (κ3) is 2.52. The number of aromatic nitrogens is 2. The van der Waals surface area contributed by atoms with Crippen LogP contribution < -0.4 is 11.3 Å². The number of nitrogens with zero attached hydrogens (tertiary/aromatic N) is 4. The van der Waals surface area contributed by atoms with E-state index in [1.54, 1.807) is 7.05 Å². The summed E-state index contributed by atoms with van der Waals surface area (Å²) in [6.45, 7) is 0.329. The van der Waals surface area contributed by atoms with E-state index in [0.717, 1.165) is 10.2 Å². The molecule has 0 aliphatic carbocycles. The number of nitrogen functional groups attached to an aromatic ring is 1. The molecule has 0 saturated carbocycles. The Hall–Kier alpha value is -2.26. The van der Waals surface area contributed by atoms with Crippen LogP contribution in [-0.2, 0) is 16.1 Å². The molecule has 2 aromatic heterocycles. The molecule has 0 atom stereocenters. The molecule has 8 nitrogen and oxygen atoms in total. The Kier molecular flexibility index (Phi) is 3.43. The van der Waals surface area contributed by atoms with E-state index >= 15 is 0 Å². The normalized spacial score (nSPS) is 15.9. The summed E-state index contributed by atoms with van der Waals surface area (Å²) in [5, 5.41) is 2.74. The van der Waals surface area contributed by atoms with Crippen molar-refractivity contribution in [3.05, 3.63) is 17.3 Å². The van der Waals surface area contributed by atoms with Crippen molar-refractivity contribution < 1.29 is 9.59 Å². The maximum absolute atomic E-state index is 12.0. The van der Waals surface area contributed by atoms with Gasteiger partial charge in [-0.15, -0.1) is 11.3 Å². The molecule has 2 aromatic rings. The second-order valence-electron chi connectivity index (χ2n) is 4.77. The summed E-state index contributed by atoms with van der Waals surface area (Å²) < 4.78 is 0. The molecular weight excluding hydrogens is 292 g/mol. The van der Waals surface area contributed by atoms with E-state index < -0.39 is 0 Å². The number of piperazine rings is 1. The predicted molar refractivity (Wildman–Crippen MR) is 78.3 cm³/mol. The van der Waals surface area contributed by atoms with Gasteiger partial charge in [-0.25, -0.2) is 15.8 Å². The van der Waals surface area contributed by atoms with E-state index in [4.69, 9.17) is 5.84 Å². The van der Waals surface area contributed by atoms with Crippen molar-refractivity contribution in [2.24, 2.45) is 5.84 Å². The van der Waals surface area contributed by atoms with Crippen LogP contribution in [0.4, 0.5) is 5.82 Å². The molecule has 1 aliphatic heterocycles. The van der Waals surface area contributed by atoms with Gasteiger partial charge in [0.25, 0.3) is 0 Å². The first-order valence-corrected chi connectivity index (χ1v) is 7.19. The van der Waals surface area contributed by atoms with Gasteiger partial charge in [0, 0.05) is 7.05 Å². The summed E-state index contributed by atoms with van der Waals surface area (Å²) in [6.07, 6.45) is 0. The van der Waals surface area contributed by atoms with Gasteiger partial charge in [-0.3, -0.25) is 9.59 Å². The molecular formula is C12H14N6O2S. The van der Waals surface area contributed by atoms with Gasteiger partial charge in [-0.05, 0) is 11.4 Å². The van der Waals surface area contributed by atoms with Gasteiger partial charge in [0.1, 0.15) is 11.4 Å². The van der Waals surface area contributed by atoms with E-state index in [1.165, 1.54) is 21.1 Å². The maximum atomic E-state index is 12.0. The average Bonchev–Trinajstić information content (AvgIpc) is 2.92. The minimum atomic E-state index is -0.116. The highest BCUT2D eigenvalue weighted by atomic mass is 32.1. The lowest BCUT2D eigenvalue weighted by molar-refractivity contribution is -0.149. The molecule has 3 N–H and O–H groups in total. The number of hydrogen-bond donors (Lipinski definition) is 2. The van der Waals surface area contributed by atoms with Gasteiger partial charge in [0.05, 0.1) is 18.5 Å². The Morgan fingerprint density at radius 1 is 1.33 bits per heavy atom. The van der Waals surface area contributed by atoms with Crippen LogP contribution in [0.15, 0.2) is 11.4 Å². The highest BCUT2D eigenvalue weighted by Gasteiger charge is 2.28. The first kappa shape index (κ1) is 13.7. The number of carbonyl (C=O) groups is 2. The van der Waals surface area contributed by atoms with Crippen molar-refractivity contribution in [2.45, 2.75) is 6.54 Å². The van der Waals surface area contributed by atoms with Crippen LogP contribution in [0.25, 0.3) is 10.2 Å².